The summed E-state index contributed by atoms with van der Waals surface area (Å²) < 4.78 is 0. The number of benzene rings is 1. The van der Waals surface area contributed by atoms with Crippen LogP contribution in [-0.4, -0.2) is 56.9 Å². The fourth-order valence-electron chi connectivity index (χ4n) is 5.86. The van der Waals surface area contributed by atoms with Crippen molar-refractivity contribution in [2.75, 3.05) is 6.54 Å². The smallest absolute Gasteiger partial charge is 0.321 e. The molecule has 5 heteroatoms. The van der Waals surface area contributed by atoms with Gasteiger partial charge in [-0.05, 0) is 48.7 Å². The van der Waals surface area contributed by atoms with Crippen molar-refractivity contribution in [3.8, 4) is 0 Å². The van der Waals surface area contributed by atoms with Crippen molar-refractivity contribution < 1.29 is 15.0 Å². The van der Waals surface area contributed by atoms with E-state index in [9.17, 15) is 15.0 Å². The summed E-state index contributed by atoms with van der Waals surface area (Å²) in [4.78, 5) is 18.2. The Morgan fingerprint density at radius 2 is 1.33 bits per heavy atom. The quantitative estimate of drug-likeness (QED) is 0.356. The molecule has 4 unspecified atom stereocenters. The van der Waals surface area contributed by atoms with Gasteiger partial charge >= 0.3 is 6.03 Å². The molecule has 1 aliphatic heterocycles. The Balaban J connectivity index is 2.05. The number of rotatable bonds is 12. The minimum Gasteiger partial charge on any atom is -0.388 e. The molecule has 3 rings (SSSR count). The number of carbonyl (C=O) groups excluding carboxylic acids is 1. The minimum atomic E-state index is -0.987. The molecule has 1 heterocycles. The second-order valence-corrected chi connectivity index (χ2v) is 10.7. The molecule has 4 atom stereocenters. The van der Waals surface area contributed by atoms with E-state index in [1.165, 1.54) is 0 Å². The van der Waals surface area contributed by atoms with Crippen LogP contribution in [0.5, 0.6) is 0 Å². The molecule has 2 amide bonds. The molecule has 5 nitrogen and oxygen atoms in total. The normalized spacial score (nSPS) is 25.0. The first kappa shape index (κ1) is 28.5. The van der Waals surface area contributed by atoms with Gasteiger partial charge in [0.05, 0.1) is 12.1 Å². The van der Waals surface area contributed by atoms with Crippen LogP contribution in [0, 0.1) is 11.8 Å². The molecule has 200 valence electrons. The number of nitrogens with zero attached hydrogens (tertiary/aromatic N) is 2. The number of amides is 2. The summed E-state index contributed by atoms with van der Waals surface area (Å²) in [5.41, 5.74) is 2.15. The first-order valence-corrected chi connectivity index (χ1v) is 14.3. The summed E-state index contributed by atoms with van der Waals surface area (Å²) in [6.07, 6.45) is 11.9. The SMILES string of the molecule is CCC(CC)CC1C(O)C(O)C(CC(CC)CC)N(Cc2ccccc2)C(=O)N1CC1=CCCC=C1. The van der Waals surface area contributed by atoms with E-state index in [1.807, 2.05) is 40.1 Å². The van der Waals surface area contributed by atoms with E-state index in [0.29, 0.717) is 37.8 Å². The highest BCUT2D eigenvalue weighted by atomic mass is 16.3. The summed E-state index contributed by atoms with van der Waals surface area (Å²) in [7, 11) is 0. The Kier molecular flexibility index (Phi) is 11.1. The summed E-state index contributed by atoms with van der Waals surface area (Å²) in [5.74, 6) is 0.775. The van der Waals surface area contributed by atoms with Crippen molar-refractivity contribution in [3.63, 3.8) is 0 Å². The molecule has 0 bridgehead atoms. The molecule has 0 aromatic heterocycles. The van der Waals surface area contributed by atoms with Gasteiger partial charge in [0.25, 0.3) is 0 Å². The van der Waals surface area contributed by atoms with Gasteiger partial charge in [-0.25, -0.2) is 4.79 Å². The van der Waals surface area contributed by atoms with E-state index >= 15 is 0 Å². The van der Waals surface area contributed by atoms with Gasteiger partial charge in [0, 0.05) is 13.1 Å². The monoisotopic (exact) mass is 496 g/mol. The fraction of sp³-hybridized carbons (Fsp3) is 0.645. The number of aliphatic hydroxyl groups excluding tert-OH is 2. The van der Waals surface area contributed by atoms with Gasteiger partial charge in [-0.1, -0.05) is 102 Å². The second kappa shape index (κ2) is 14.0. The number of carbonyl (C=O) groups is 1. The molecule has 1 fully saturated rings. The predicted octanol–water partition coefficient (Wildman–Crippen LogP) is 6.31. The van der Waals surface area contributed by atoms with Crippen molar-refractivity contribution in [2.24, 2.45) is 11.8 Å². The lowest BCUT2D eigenvalue weighted by Crippen LogP contribution is -2.51. The lowest BCUT2D eigenvalue weighted by molar-refractivity contribution is -0.0488. The molecule has 1 aliphatic carbocycles. The Morgan fingerprint density at radius 1 is 0.806 bits per heavy atom. The Labute approximate surface area is 218 Å². The maximum Gasteiger partial charge on any atom is 0.321 e. The van der Waals surface area contributed by atoms with Gasteiger partial charge < -0.3 is 20.0 Å². The van der Waals surface area contributed by atoms with E-state index in [1.54, 1.807) is 0 Å². The Morgan fingerprint density at radius 3 is 1.81 bits per heavy atom. The van der Waals surface area contributed by atoms with Crippen molar-refractivity contribution in [3.05, 3.63) is 59.7 Å². The van der Waals surface area contributed by atoms with E-state index < -0.39 is 24.3 Å². The summed E-state index contributed by atoms with van der Waals surface area (Å²) in [6, 6.07) is 9.12. The number of hydrogen-bond donors (Lipinski definition) is 2. The molecule has 0 spiro atoms. The molecular weight excluding hydrogens is 448 g/mol. The second-order valence-electron chi connectivity index (χ2n) is 10.7. The highest BCUT2D eigenvalue weighted by Gasteiger charge is 2.47. The van der Waals surface area contributed by atoms with Crippen LogP contribution in [0.15, 0.2) is 54.1 Å². The first-order valence-electron chi connectivity index (χ1n) is 14.3. The molecule has 36 heavy (non-hydrogen) atoms. The third kappa shape index (κ3) is 7.01. The highest BCUT2D eigenvalue weighted by Crippen LogP contribution is 2.33. The summed E-state index contributed by atoms with van der Waals surface area (Å²) in [6.45, 7) is 9.57. The number of urea groups is 1. The van der Waals surface area contributed by atoms with Crippen molar-refractivity contribution in [1.29, 1.82) is 0 Å². The van der Waals surface area contributed by atoms with Gasteiger partial charge in [-0.15, -0.1) is 0 Å². The average Bonchev–Trinajstić information content (AvgIpc) is 2.97. The summed E-state index contributed by atoms with van der Waals surface area (Å²) in [5, 5.41) is 23.4. The first-order chi connectivity index (χ1) is 17.4. The van der Waals surface area contributed by atoms with Crippen LogP contribution in [0.1, 0.15) is 84.6 Å². The van der Waals surface area contributed by atoms with Crippen LogP contribution in [0.2, 0.25) is 0 Å². The average molecular weight is 497 g/mol. The molecule has 0 radical (unpaired) electrons. The lowest BCUT2D eigenvalue weighted by Gasteiger charge is -2.37. The standard InChI is InChI=1S/C31H48N2O3/c1-5-23(6-2)19-27-29(34)30(35)28(20-24(7-3)8-4)33(22-26-17-13-10-14-18-26)31(36)32(27)21-25-15-11-9-12-16-25/h9,11-13,15-18,23-24,27-30,34-35H,5-8,10,14,19-22H2,1-4H3. The van der Waals surface area contributed by atoms with Crippen LogP contribution in [0.3, 0.4) is 0 Å². The molecule has 0 saturated carbocycles. The highest BCUT2D eigenvalue weighted by molar-refractivity contribution is 5.76. The molecule has 1 aromatic carbocycles. The van der Waals surface area contributed by atoms with Gasteiger partial charge in [-0.3, -0.25) is 0 Å². The Bertz CT molecular complexity index is 860. The third-order valence-electron chi connectivity index (χ3n) is 8.51. The summed E-state index contributed by atoms with van der Waals surface area (Å²) >= 11 is 0. The van der Waals surface area contributed by atoms with E-state index in [4.69, 9.17) is 0 Å². The van der Waals surface area contributed by atoms with Crippen LogP contribution in [0.4, 0.5) is 4.79 Å². The van der Waals surface area contributed by atoms with E-state index in [2.05, 4.69) is 45.9 Å². The van der Waals surface area contributed by atoms with Crippen LogP contribution < -0.4 is 0 Å². The molecule has 1 aromatic rings. The van der Waals surface area contributed by atoms with Gasteiger partial charge in [-0.2, -0.15) is 0 Å². The zero-order valence-corrected chi connectivity index (χ0v) is 22.9. The molecule has 1 saturated heterocycles. The van der Waals surface area contributed by atoms with Crippen molar-refractivity contribution in [1.82, 2.24) is 9.80 Å². The lowest BCUT2D eigenvalue weighted by atomic mass is 9.85. The maximum atomic E-state index is 14.4. The topological polar surface area (TPSA) is 64.0 Å². The van der Waals surface area contributed by atoms with Gasteiger partial charge in [0.1, 0.15) is 12.2 Å². The van der Waals surface area contributed by atoms with Crippen LogP contribution in [-0.2, 0) is 6.54 Å². The number of aliphatic hydroxyl groups is 2. The zero-order chi connectivity index (χ0) is 26.1. The van der Waals surface area contributed by atoms with E-state index in [0.717, 1.165) is 49.7 Å². The van der Waals surface area contributed by atoms with Crippen molar-refractivity contribution >= 4 is 6.03 Å². The minimum absolute atomic E-state index is 0.0683. The van der Waals surface area contributed by atoms with Crippen molar-refractivity contribution in [2.45, 2.75) is 110 Å². The predicted molar refractivity (Wildman–Crippen MR) is 148 cm³/mol. The maximum absolute atomic E-state index is 14.4. The third-order valence-corrected chi connectivity index (χ3v) is 8.51. The largest absolute Gasteiger partial charge is 0.388 e. The zero-order valence-electron chi connectivity index (χ0n) is 22.9. The van der Waals surface area contributed by atoms with Gasteiger partial charge in [0.15, 0.2) is 0 Å². The van der Waals surface area contributed by atoms with Gasteiger partial charge in [0.2, 0.25) is 0 Å². The van der Waals surface area contributed by atoms with Crippen LogP contribution in [0.25, 0.3) is 0 Å². The molecule has 2 N–H and O–H groups in total. The van der Waals surface area contributed by atoms with E-state index in [-0.39, 0.29) is 6.03 Å². The number of allylic oxidation sites excluding steroid dienone is 2. The Hall–Kier alpha value is -2.11. The number of hydrogen-bond acceptors (Lipinski definition) is 3. The molecular formula is C31H48N2O3. The molecule has 2 aliphatic rings. The van der Waals surface area contributed by atoms with Crippen LogP contribution >= 0.6 is 0 Å². The fourth-order valence-corrected chi connectivity index (χ4v) is 5.86.